The van der Waals surface area contributed by atoms with Crippen LogP contribution in [0.15, 0.2) is 91.2 Å². The summed E-state index contributed by atoms with van der Waals surface area (Å²) in [6, 6.07) is 21.0. The lowest BCUT2D eigenvalue weighted by atomic mass is 10.2. The number of carbonyl (C=O) groups excluding carboxylic acids is 1. The first-order valence-corrected chi connectivity index (χ1v) is 11.1. The average molecular weight is 504 g/mol. The van der Waals surface area contributed by atoms with Crippen molar-refractivity contribution in [2.45, 2.75) is 27.1 Å². The van der Waals surface area contributed by atoms with Crippen LogP contribution >= 0.6 is 0 Å². The third-order valence-electron chi connectivity index (χ3n) is 4.83. The maximum Gasteiger partial charge on any atom is 0.375 e. The highest BCUT2D eigenvalue weighted by Crippen LogP contribution is 2.17. The van der Waals surface area contributed by atoms with Crippen molar-refractivity contribution in [3.8, 4) is 11.5 Å². The molecule has 4 rings (SSSR count). The molecule has 2 aromatic heterocycles. The molecule has 0 bridgehead atoms. The van der Waals surface area contributed by atoms with Crippen molar-refractivity contribution in [3.63, 3.8) is 0 Å². The van der Waals surface area contributed by atoms with Crippen LogP contribution in [0, 0.1) is 13.8 Å². The van der Waals surface area contributed by atoms with E-state index >= 15 is 0 Å². The van der Waals surface area contributed by atoms with Crippen LogP contribution in [0.25, 0.3) is 0 Å². The smallest absolute Gasteiger partial charge is 0.375 e. The van der Waals surface area contributed by atoms with E-state index in [1.165, 1.54) is 19.1 Å². The number of hydrogen-bond donors (Lipinski definition) is 1. The number of benzene rings is 2. The van der Waals surface area contributed by atoms with Gasteiger partial charge in [0.05, 0.1) is 0 Å². The van der Waals surface area contributed by atoms with Gasteiger partial charge in [0.25, 0.3) is 5.76 Å². The summed E-state index contributed by atoms with van der Waals surface area (Å²) >= 11 is 0. The fraction of sp³-hybridized carbons (Fsp3) is 0.143. The van der Waals surface area contributed by atoms with Crippen molar-refractivity contribution in [1.29, 1.82) is 0 Å². The molecule has 0 fully saturated rings. The minimum absolute atomic E-state index is 0.0422. The molecule has 4 aromatic rings. The first-order chi connectivity index (χ1) is 17.8. The van der Waals surface area contributed by atoms with Gasteiger partial charge in [0.1, 0.15) is 24.7 Å². The van der Waals surface area contributed by atoms with Crippen LogP contribution in [0.1, 0.15) is 43.8 Å². The lowest BCUT2D eigenvalue weighted by Gasteiger charge is -2.08. The summed E-state index contributed by atoms with van der Waals surface area (Å²) in [4.78, 5) is 45.3. The number of aldehydes is 1. The van der Waals surface area contributed by atoms with E-state index in [-0.39, 0.29) is 41.7 Å². The Bertz CT molecular complexity index is 1470. The highest BCUT2D eigenvalue weighted by Gasteiger charge is 2.19. The third-order valence-corrected chi connectivity index (χ3v) is 4.83. The van der Waals surface area contributed by atoms with Gasteiger partial charge in [0.2, 0.25) is 28.1 Å². The highest BCUT2D eigenvalue weighted by molar-refractivity contribution is 5.87. The van der Waals surface area contributed by atoms with Crippen LogP contribution in [0.3, 0.4) is 0 Å². The maximum absolute atomic E-state index is 11.7. The molecule has 0 aliphatic carbocycles. The first-order valence-electron chi connectivity index (χ1n) is 11.1. The summed E-state index contributed by atoms with van der Waals surface area (Å²) in [5.74, 6) is -1.58. The van der Waals surface area contributed by atoms with Gasteiger partial charge in [0.15, 0.2) is 6.29 Å². The van der Waals surface area contributed by atoms with Crippen LogP contribution in [0.2, 0.25) is 0 Å². The number of ether oxygens (including phenoxy) is 2. The second kappa shape index (κ2) is 12.7. The fourth-order valence-corrected chi connectivity index (χ4v) is 3.18. The summed E-state index contributed by atoms with van der Waals surface area (Å²) in [5, 5.41) is 9.00. The monoisotopic (exact) mass is 504 g/mol. The van der Waals surface area contributed by atoms with Crippen molar-refractivity contribution in [2.75, 3.05) is 0 Å². The van der Waals surface area contributed by atoms with Crippen molar-refractivity contribution in [1.82, 2.24) is 0 Å². The van der Waals surface area contributed by atoms with Crippen LogP contribution in [-0.2, 0) is 13.2 Å². The van der Waals surface area contributed by atoms with Crippen molar-refractivity contribution in [3.05, 3.63) is 127 Å². The SMILES string of the molecule is Cc1cc(=O)c(OCc2ccccc2)c(C(=O)O)o1.Cc1cc(=O)c(OCc2ccccc2)c(C=O)o1. The van der Waals surface area contributed by atoms with Gasteiger partial charge in [-0.15, -0.1) is 0 Å². The maximum atomic E-state index is 11.7. The van der Waals surface area contributed by atoms with Crippen LogP contribution in [0.5, 0.6) is 11.5 Å². The second-order valence-corrected chi connectivity index (χ2v) is 7.77. The van der Waals surface area contributed by atoms with Gasteiger partial charge in [-0.1, -0.05) is 60.7 Å². The summed E-state index contributed by atoms with van der Waals surface area (Å²) in [7, 11) is 0. The summed E-state index contributed by atoms with van der Waals surface area (Å²) in [6.07, 6.45) is 0.481. The molecule has 0 atom stereocenters. The topological polar surface area (TPSA) is 133 Å². The van der Waals surface area contributed by atoms with Crippen molar-refractivity contribution >= 4 is 12.3 Å². The number of rotatable bonds is 8. The van der Waals surface area contributed by atoms with E-state index < -0.39 is 17.2 Å². The Labute approximate surface area is 211 Å². The predicted molar refractivity (Wildman–Crippen MR) is 133 cm³/mol. The lowest BCUT2D eigenvalue weighted by Crippen LogP contribution is -2.13. The van der Waals surface area contributed by atoms with Crippen LogP contribution in [-0.4, -0.2) is 17.4 Å². The molecule has 0 amide bonds. The van der Waals surface area contributed by atoms with Gasteiger partial charge in [-0.05, 0) is 25.0 Å². The second-order valence-electron chi connectivity index (χ2n) is 7.77. The van der Waals surface area contributed by atoms with Gasteiger partial charge >= 0.3 is 5.97 Å². The van der Waals surface area contributed by atoms with E-state index in [0.29, 0.717) is 12.0 Å². The Balaban J connectivity index is 0.000000206. The first kappa shape index (κ1) is 26.7. The summed E-state index contributed by atoms with van der Waals surface area (Å²) in [5.41, 5.74) is 0.891. The molecule has 1 N–H and O–H groups in total. The van der Waals surface area contributed by atoms with Crippen molar-refractivity contribution in [2.24, 2.45) is 0 Å². The third kappa shape index (κ3) is 7.53. The Kier molecular flexibility index (Phi) is 9.15. The van der Waals surface area contributed by atoms with E-state index in [9.17, 15) is 19.2 Å². The molecule has 0 radical (unpaired) electrons. The molecule has 0 saturated carbocycles. The number of carboxylic acids is 1. The molecule has 0 aliphatic heterocycles. The minimum atomic E-state index is -1.33. The van der Waals surface area contributed by atoms with Crippen LogP contribution in [0.4, 0.5) is 0 Å². The van der Waals surface area contributed by atoms with Crippen molar-refractivity contribution < 1.29 is 33.0 Å². The summed E-state index contributed by atoms with van der Waals surface area (Å²) < 4.78 is 20.8. The molecule has 0 saturated heterocycles. The Morgan fingerprint density at radius 2 is 1.24 bits per heavy atom. The minimum Gasteiger partial charge on any atom is -0.481 e. The number of carbonyl (C=O) groups is 2. The molecule has 9 heteroatoms. The number of aryl methyl sites for hydroxylation is 2. The zero-order valence-electron chi connectivity index (χ0n) is 20.1. The normalized spacial score (nSPS) is 10.1. The predicted octanol–water partition coefficient (Wildman–Crippen LogP) is 4.57. The van der Waals surface area contributed by atoms with E-state index in [2.05, 4.69) is 0 Å². The molecule has 0 aliphatic rings. The molecule has 37 heavy (non-hydrogen) atoms. The van der Waals surface area contributed by atoms with E-state index in [1.54, 1.807) is 6.92 Å². The Morgan fingerprint density at radius 3 is 1.73 bits per heavy atom. The average Bonchev–Trinajstić information content (AvgIpc) is 2.88. The molecule has 0 unspecified atom stereocenters. The lowest BCUT2D eigenvalue weighted by molar-refractivity contribution is 0.0648. The number of carboxylic acid groups (broad SMARTS) is 1. The molecular formula is C28H24O9. The molecule has 2 aromatic carbocycles. The standard InChI is InChI=1S/C14H12O5.C14H12O4/c1-9-7-11(15)12(13(19-9)14(16)17)18-8-10-5-3-2-4-6-10;1-10-7-12(16)14(13(8-15)18-10)17-9-11-5-3-2-4-6-11/h2-7H,8H2,1H3,(H,16,17);2-8H,9H2,1H3. The molecule has 0 spiro atoms. The quantitative estimate of drug-likeness (QED) is 0.343. The van der Waals surface area contributed by atoms with Gasteiger partial charge < -0.3 is 23.4 Å². The molecular weight excluding hydrogens is 480 g/mol. The van der Waals surface area contributed by atoms with Gasteiger partial charge in [-0.3, -0.25) is 14.4 Å². The summed E-state index contributed by atoms with van der Waals surface area (Å²) in [6.45, 7) is 3.44. The Morgan fingerprint density at radius 1 is 0.784 bits per heavy atom. The Hall–Kier alpha value is -4.92. The van der Waals surface area contributed by atoms with Gasteiger partial charge in [-0.25, -0.2) is 4.79 Å². The van der Waals surface area contributed by atoms with Crippen LogP contribution < -0.4 is 20.3 Å². The number of aromatic carboxylic acids is 1. The zero-order valence-corrected chi connectivity index (χ0v) is 20.1. The van der Waals surface area contributed by atoms with E-state index in [0.717, 1.165) is 11.1 Å². The number of hydrogen-bond acceptors (Lipinski definition) is 8. The van der Waals surface area contributed by atoms with E-state index in [4.69, 9.17) is 23.4 Å². The molecule has 190 valence electrons. The molecule has 2 heterocycles. The molecule has 9 nitrogen and oxygen atoms in total. The van der Waals surface area contributed by atoms with Gasteiger partial charge in [0, 0.05) is 12.1 Å². The zero-order chi connectivity index (χ0) is 26.8. The largest absolute Gasteiger partial charge is 0.481 e. The fourth-order valence-electron chi connectivity index (χ4n) is 3.18. The highest BCUT2D eigenvalue weighted by atomic mass is 16.5. The van der Waals surface area contributed by atoms with E-state index in [1.807, 2.05) is 60.7 Å². The van der Waals surface area contributed by atoms with Gasteiger partial charge in [-0.2, -0.15) is 0 Å².